The van der Waals surface area contributed by atoms with E-state index in [0.29, 0.717) is 18.4 Å². The summed E-state index contributed by atoms with van der Waals surface area (Å²) in [5.41, 5.74) is 0.241. The number of phenolic OH excluding ortho intramolecular Hbond substituents is 2. The van der Waals surface area contributed by atoms with E-state index in [-0.39, 0.29) is 29.2 Å². The van der Waals surface area contributed by atoms with Crippen molar-refractivity contribution in [2.45, 2.75) is 44.1 Å². The molecule has 8 heteroatoms. The molecule has 136 valence electrons. The third kappa shape index (κ3) is 4.96. The van der Waals surface area contributed by atoms with Gasteiger partial charge in [-0.25, -0.2) is 4.79 Å². The average molecular weight is 368 g/mol. The molecule has 1 unspecified atom stereocenters. The topological polar surface area (TPSA) is 121 Å². The third-order valence-electron chi connectivity index (χ3n) is 3.85. The molecule has 0 spiro atoms. The number of aromatic hydroxyl groups is 2. The fourth-order valence-corrected chi connectivity index (χ4v) is 3.44. The Balaban J connectivity index is 2.31. The number of rotatable bonds is 0. The van der Waals surface area contributed by atoms with Crippen LogP contribution in [0.2, 0.25) is 0 Å². The number of Topliss-reactive ketones (excluding diaryl/α,β-unsaturated/α-hetero) is 2. The molecule has 0 saturated carbocycles. The number of hydrogen-bond donors (Lipinski definition) is 3. The molecule has 0 aliphatic carbocycles. The monoisotopic (exact) mass is 368 g/mol. The molecule has 7 nitrogen and oxygen atoms in total. The first kappa shape index (κ1) is 19.3. The molecule has 0 saturated heterocycles. The highest BCUT2D eigenvalue weighted by Gasteiger charge is 2.26. The van der Waals surface area contributed by atoms with Gasteiger partial charge in [0, 0.05) is 11.8 Å². The van der Waals surface area contributed by atoms with E-state index in [4.69, 9.17) is 4.74 Å². The van der Waals surface area contributed by atoms with Crippen molar-refractivity contribution in [3.8, 4) is 11.5 Å². The van der Waals surface area contributed by atoms with E-state index in [0.717, 1.165) is 17.8 Å². The molecule has 3 N–H and O–H groups in total. The van der Waals surface area contributed by atoms with Gasteiger partial charge in [-0.3, -0.25) is 9.59 Å². The van der Waals surface area contributed by atoms with Crippen molar-refractivity contribution in [3.63, 3.8) is 0 Å². The molecule has 1 aliphatic rings. The SMILES string of the molecule is C[C@H]1CCCC(O)C(=O)C(=O)CSCc2cc(O)cc(O)c2C(=O)O1. The van der Waals surface area contributed by atoms with E-state index in [1.165, 1.54) is 6.07 Å². The fourth-order valence-electron chi connectivity index (χ4n) is 2.56. The van der Waals surface area contributed by atoms with Gasteiger partial charge in [0.25, 0.3) is 0 Å². The number of aliphatic hydroxyl groups excluding tert-OH is 1. The lowest BCUT2D eigenvalue weighted by Gasteiger charge is -2.17. The third-order valence-corrected chi connectivity index (χ3v) is 4.83. The Labute approximate surface area is 149 Å². The fraction of sp³-hybridized carbons (Fsp3) is 0.471. The maximum atomic E-state index is 12.4. The first-order chi connectivity index (χ1) is 11.8. The zero-order chi connectivity index (χ0) is 18.6. The van der Waals surface area contributed by atoms with E-state index in [2.05, 4.69) is 0 Å². The number of ether oxygens (including phenoxy) is 1. The van der Waals surface area contributed by atoms with Crippen molar-refractivity contribution >= 4 is 29.3 Å². The summed E-state index contributed by atoms with van der Waals surface area (Å²) in [5.74, 6) is -2.94. The second-order valence-corrected chi connectivity index (χ2v) is 6.93. The number of benzene rings is 1. The predicted molar refractivity (Wildman–Crippen MR) is 90.7 cm³/mol. The van der Waals surface area contributed by atoms with Gasteiger partial charge in [-0.1, -0.05) is 0 Å². The Morgan fingerprint density at radius 3 is 2.56 bits per heavy atom. The van der Waals surface area contributed by atoms with Gasteiger partial charge >= 0.3 is 5.97 Å². The second kappa shape index (κ2) is 8.35. The van der Waals surface area contributed by atoms with Crippen molar-refractivity contribution in [2.24, 2.45) is 0 Å². The minimum atomic E-state index is -1.35. The molecule has 0 aromatic heterocycles. The van der Waals surface area contributed by atoms with E-state index in [9.17, 15) is 29.7 Å². The number of phenols is 2. The summed E-state index contributed by atoms with van der Waals surface area (Å²) >= 11 is 1.05. The summed E-state index contributed by atoms with van der Waals surface area (Å²) in [6, 6.07) is 2.35. The van der Waals surface area contributed by atoms with Gasteiger partial charge in [-0.05, 0) is 37.8 Å². The van der Waals surface area contributed by atoms with Crippen molar-refractivity contribution in [1.82, 2.24) is 0 Å². The van der Waals surface area contributed by atoms with Crippen LogP contribution in [0.1, 0.15) is 42.1 Å². The number of fused-ring (bicyclic) bond motifs is 1. The Hall–Kier alpha value is -2.06. The summed E-state index contributed by atoms with van der Waals surface area (Å²) in [6.45, 7) is 1.66. The van der Waals surface area contributed by atoms with Crippen LogP contribution < -0.4 is 0 Å². The van der Waals surface area contributed by atoms with E-state index < -0.39 is 35.5 Å². The molecule has 0 bridgehead atoms. The number of carbonyl (C=O) groups is 3. The zero-order valence-electron chi connectivity index (χ0n) is 13.7. The van der Waals surface area contributed by atoms with Gasteiger partial charge in [0.05, 0.1) is 11.9 Å². The number of ketones is 2. The first-order valence-corrected chi connectivity index (χ1v) is 9.03. The highest BCUT2D eigenvalue weighted by Crippen LogP contribution is 2.31. The van der Waals surface area contributed by atoms with Crippen LogP contribution in [0.3, 0.4) is 0 Å². The van der Waals surface area contributed by atoms with Gasteiger partial charge in [0.15, 0.2) is 0 Å². The Kier molecular flexibility index (Phi) is 6.44. The van der Waals surface area contributed by atoms with E-state index >= 15 is 0 Å². The largest absolute Gasteiger partial charge is 0.508 e. The van der Waals surface area contributed by atoms with Crippen LogP contribution in [0.15, 0.2) is 12.1 Å². The molecule has 1 aromatic carbocycles. The number of thioether (sulfide) groups is 1. The van der Waals surface area contributed by atoms with Gasteiger partial charge in [0.1, 0.15) is 23.2 Å². The number of hydrogen-bond acceptors (Lipinski definition) is 8. The number of cyclic esters (lactones) is 1. The normalized spacial score (nSPS) is 23.5. The predicted octanol–water partition coefficient (Wildman–Crippen LogP) is 1.56. The molecule has 1 aromatic rings. The summed E-state index contributed by atoms with van der Waals surface area (Å²) in [6.07, 6.45) is -0.933. The Morgan fingerprint density at radius 1 is 1.12 bits per heavy atom. The molecule has 0 radical (unpaired) electrons. The maximum absolute atomic E-state index is 12.4. The van der Waals surface area contributed by atoms with Crippen LogP contribution in [0.5, 0.6) is 11.5 Å². The molecular formula is C17H20O7S. The van der Waals surface area contributed by atoms with Crippen LogP contribution in [-0.4, -0.2) is 50.8 Å². The molecule has 0 amide bonds. The van der Waals surface area contributed by atoms with E-state index in [1.54, 1.807) is 6.92 Å². The van der Waals surface area contributed by atoms with Crippen LogP contribution in [-0.2, 0) is 20.1 Å². The van der Waals surface area contributed by atoms with Crippen LogP contribution in [0, 0.1) is 0 Å². The van der Waals surface area contributed by atoms with Gasteiger partial charge in [-0.2, -0.15) is 0 Å². The number of esters is 1. The zero-order valence-corrected chi connectivity index (χ0v) is 14.5. The minimum absolute atomic E-state index is 0.0620. The molecule has 1 heterocycles. The smallest absolute Gasteiger partial charge is 0.342 e. The molecule has 0 fully saturated rings. The highest BCUT2D eigenvalue weighted by molar-refractivity contribution is 7.99. The first-order valence-electron chi connectivity index (χ1n) is 7.88. The van der Waals surface area contributed by atoms with Gasteiger partial charge < -0.3 is 20.1 Å². The number of aliphatic hydroxyl groups is 1. The second-order valence-electron chi connectivity index (χ2n) is 5.94. The Bertz CT molecular complexity index is 686. The average Bonchev–Trinajstić information content (AvgIpc) is 2.52. The quantitative estimate of drug-likeness (QED) is 0.466. The molecule has 25 heavy (non-hydrogen) atoms. The maximum Gasteiger partial charge on any atom is 0.342 e. The summed E-state index contributed by atoms with van der Waals surface area (Å²) in [4.78, 5) is 36.0. The lowest BCUT2D eigenvalue weighted by molar-refractivity contribution is -0.140. The molecule has 2 rings (SSSR count). The Morgan fingerprint density at radius 2 is 1.84 bits per heavy atom. The lowest BCUT2D eigenvalue weighted by atomic mass is 10.0. The van der Waals surface area contributed by atoms with Crippen molar-refractivity contribution in [2.75, 3.05) is 5.75 Å². The standard InChI is InChI=1S/C17H20O7S/c1-9-3-2-4-12(19)16(22)14(21)8-25-7-10-5-11(18)6-13(20)15(10)17(23)24-9/h5-6,9,12,18-20H,2-4,7-8H2,1H3/t9-,12?/m0/s1. The van der Waals surface area contributed by atoms with Crippen molar-refractivity contribution < 1.29 is 34.4 Å². The van der Waals surface area contributed by atoms with E-state index in [1.807, 2.05) is 0 Å². The van der Waals surface area contributed by atoms with Crippen molar-refractivity contribution in [3.05, 3.63) is 23.3 Å². The highest BCUT2D eigenvalue weighted by atomic mass is 32.2. The lowest BCUT2D eigenvalue weighted by Crippen LogP contribution is -2.30. The van der Waals surface area contributed by atoms with Crippen molar-refractivity contribution in [1.29, 1.82) is 0 Å². The summed E-state index contributed by atoms with van der Waals surface area (Å²) in [5, 5.41) is 29.4. The van der Waals surface area contributed by atoms with Crippen LogP contribution in [0.4, 0.5) is 0 Å². The van der Waals surface area contributed by atoms with Gasteiger partial charge in [-0.15, -0.1) is 11.8 Å². The molecule has 1 aliphatic heterocycles. The summed E-state index contributed by atoms with van der Waals surface area (Å²) in [7, 11) is 0. The molecular weight excluding hydrogens is 348 g/mol. The van der Waals surface area contributed by atoms with Crippen LogP contribution in [0.25, 0.3) is 0 Å². The summed E-state index contributed by atoms with van der Waals surface area (Å²) < 4.78 is 5.30. The van der Waals surface area contributed by atoms with Gasteiger partial charge in [0.2, 0.25) is 11.6 Å². The van der Waals surface area contributed by atoms with Crippen LogP contribution >= 0.6 is 11.8 Å². The minimum Gasteiger partial charge on any atom is -0.508 e. The number of carbonyl (C=O) groups excluding carboxylic acids is 3. The molecule has 2 atom stereocenters.